The molecule has 0 aliphatic carbocycles. The Kier molecular flexibility index (Phi) is 6.21. The number of carboxylic acids is 1. The molecule has 0 radical (unpaired) electrons. The van der Waals surface area contributed by atoms with E-state index < -0.39 is 5.97 Å². The van der Waals surface area contributed by atoms with Crippen LogP contribution in [0.2, 0.25) is 0 Å². The Hall–Kier alpha value is -1.85. The van der Waals surface area contributed by atoms with Crippen LogP contribution in [0.4, 0.5) is 0 Å². The summed E-state index contributed by atoms with van der Waals surface area (Å²) >= 11 is 0. The van der Waals surface area contributed by atoms with Gasteiger partial charge < -0.3 is 10.4 Å². The first kappa shape index (κ1) is 16.2. The highest BCUT2D eigenvalue weighted by Gasteiger charge is 2.16. The molecule has 112 valence electrons. The van der Waals surface area contributed by atoms with Crippen LogP contribution in [0.1, 0.15) is 43.6 Å². The number of hydrogen-bond donors (Lipinski definition) is 2. The summed E-state index contributed by atoms with van der Waals surface area (Å²) in [5, 5.41) is 15.5. The number of aliphatic carboxylic acids is 1. The van der Waals surface area contributed by atoms with Crippen molar-refractivity contribution in [2.24, 2.45) is 18.9 Å². The number of amides is 1. The van der Waals surface area contributed by atoms with Crippen LogP contribution in [0.5, 0.6) is 0 Å². The molecule has 0 spiro atoms. The molecule has 1 rings (SSSR count). The number of rotatable bonds is 8. The Labute approximate surface area is 119 Å². The maximum atomic E-state index is 11.9. The van der Waals surface area contributed by atoms with Gasteiger partial charge in [0.05, 0.1) is 0 Å². The summed E-state index contributed by atoms with van der Waals surface area (Å²) in [7, 11) is 1.72. The van der Waals surface area contributed by atoms with Crippen LogP contribution in [0.25, 0.3) is 0 Å². The van der Waals surface area contributed by atoms with E-state index >= 15 is 0 Å². The zero-order chi connectivity index (χ0) is 15.1. The molecule has 0 saturated carbocycles. The zero-order valence-corrected chi connectivity index (χ0v) is 12.3. The molecule has 0 saturated heterocycles. The number of hydrogen-bond acceptors (Lipinski definition) is 3. The van der Waals surface area contributed by atoms with Crippen molar-refractivity contribution < 1.29 is 14.7 Å². The van der Waals surface area contributed by atoms with E-state index in [4.69, 9.17) is 5.11 Å². The van der Waals surface area contributed by atoms with Crippen molar-refractivity contribution in [1.29, 1.82) is 0 Å². The second-order valence-electron chi connectivity index (χ2n) is 5.32. The lowest BCUT2D eigenvalue weighted by Crippen LogP contribution is -2.28. The minimum atomic E-state index is -0.769. The SMILES string of the molecule is CC(C)C(CCNC(=O)c1ccnn1C)CCC(=O)O. The number of carbonyl (C=O) groups excluding carboxylic acids is 1. The standard InChI is InChI=1S/C14H23N3O3/c1-10(2)11(4-5-13(18)19)6-8-15-14(20)12-7-9-16-17(12)3/h7,9-11H,4-6,8H2,1-3H3,(H,15,20)(H,18,19). The molecule has 0 aromatic carbocycles. The van der Waals surface area contributed by atoms with Gasteiger partial charge in [-0.25, -0.2) is 0 Å². The maximum absolute atomic E-state index is 11.9. The van der Waals surface area contributed by atoms with Crippen molar-refractivity contribution in [3.63, 3.8) is 0 Å². The van der Waals surface area contributed by atoms with Crippen LogP contribution >= 0.6 is 0 Å². The van der Waals surface area contributed by atoms with Crippen LogP contribution in [0, 0.1) is 11.8 Å². The van der Waals surface area contributed by atoms with Gasteiger partial charge in [-0.3, -0.25) is 14.3 Å². The summed E-state index contributed by atoms with van der Waals surface area (Å²) in [5.74, 6) is -0.207. The zero-order valence-electron chi connectivity index (χ0n) is 12.3. The second kappa shape index (κ2) is 7.67. The molecule has 1 heterocycles. The minimum Gasteiger partial charge on any atom is -0.481 e. The summed E-state index contributed by atoms with van der Waals surface area (Å²) in [6.07, 6.45) is 3.19. The van der Waals surface area contributed by atoms with Crippen LogP contribution in [0.15, 0.2) is 12.3 Å². The van der Waals surface area contributed by atoms with Crippen molar-refractivity contribution in [2.75, 3.05) is 6.54 Å². The van der Waals surface area contributed by atoms with Gasteiger partial charge >= 0.3 is 5.97 Å². The van der Waals surface area contributed by atoms with E-state index in [1.807, 2.05) is 0 Å². The molecule has 0 fully saturated rings. The monoisotopic (exact) mass is 281 g/mol. The van der Waals surface area contributed by atoms with E-state index in [1.165, 1.54) is 4.68 Å². The lowest BCUT2D eigenvalue weighted by molar-refractivity contribution is -0.137. The van der Waals surface area contributed by atoms with Crippen molar-refractivity contribution in [2.45, 2.75) is 33.1 Å². The van der Waals surface area contributed by atoms with Gasteiger partial charge in [0, 0.05) is 26.2 Å². The molecule has 0 bridgehead atoms. The molecular weight excluding hydrogens is 258 g/mol. The number of nitrogens with one attached hydrogen (secondary N) is 1. The van der Waals surface area contributed by atoms with E-state index in [0.29, 0.717) is 30.5 Å². The molecule has 2 N–H and O–H groups in total. The second-order valence-corrected chi connectivity index (χ2v) is 5.32. The summed E-state index contributed by atoms with van der Waals surface area (Å²) in [6, 6.07) is 1.67. The van der Waals surface area contributed by atoms with Crippen LogP contribution < -0.4 is 5.32 Å². The number of carbonyl (C=O) groups is 2. The highest BCUT2D eigenvalue weighted by Crippen LogP contribution is 2.20. The smallest absolute Gasteiger partial charge is 0.303 e. The van der Waals surface area contributed by atoms with E-state index in [9.17, 15) is 9.59 Å². The van der Waals surface area contributed by atoms with Gasteiger partial charge in [0.15, 0.2) is 0 Å². The Morgan fingerprint density at radius 2 is 2.10 bits per heavy atom. The van der Waals surface area contributed by atoms with Crippen LogP contribution in [-0.2, 0) is 11.8 Å². The predicted octanol–water partition coefficient (Wildman–Crippen LogP) is 1.68. The molecule has 1 aromatic rings. The summed E-state index contributed by atoms with van der Waals surface area (Å²) in [6.45, 7) is 4.71. The molecule has 1 aromatic heterocycles. The third-order valence-electron chi connectivity index (χ3n) is 3.53. The fraction of sp³-hybridized carbons (Fsp3) is 0.643. The van der Waals surface area contributed by atoms with Gasteiger partial charge in [-0.2, -0.15) is 5.10 Å². The molecule has 6 nitrogen and oxygen atoms in total. The third kappa shape index (κ3) is 5.03. The number of aromatic nitrogens is 2. The van der Waals surface area contributed by atoms with E-state index in [-0.39, 0.29) is 12.3 Å². The lowest BCUT2D eigenvalue weighted by atomic mass is 9.88. The fourth-order valence-electron chi connectivity index (χ4n) is 2.18. The first-order valence-corrected chi connectivity index (χ1v) is 6.89. The number of nitrogens with zero attached hydrogens (tertiary/aromatic N) is 2. The average Bonchev–Trinajstić information content (AvgIpc) is 2.78. The van der Waals surface area contributed by atoms with Crippen molar-refractivity contribution >= 4 is 11.9 Å². The van der Waals surface area contributed by atoms with Crippen molar-refractivity contribution in [3.05, 3.63) is 18.0 Å². The van der Waals surface area contributed by atoms with Gasteiger partial charge in [0.25, 0.3) is 5.91 Å². The van der Waals surface area contributed by atoms with E-state index in [2.05, 4.69) is 24.3 Å². The number of aryl methyl sites for hydroxylation is 1. The van der Waals surface area contributed by atoms with Gasteiger partial charge in [-0.05, 0) is 30.7 Å². The average molecular weight is 281 g/mol. The predicted molar refractivity (Wildman–Crippen MR) is 75.4 cm³/mol. The first-order chi connectivity index (χ1) is 9.41. The van der Waals surface area contributed by atoms with Gasteiger partial charge in [-0.1, -0.05) is 13.8 Å². The molecule has 1 unspecified atom stereocenters. The molecule has 1 amide bonds. The Bertz CT molecular complexity index is 454. The van der Waals surface area contributed by atoms with Gasteiger partial charge in [0.1, 0.15) is 5.69 Å². The fourth-order valence-corrected chi connectivity index (χ4v) is 2.18. The highest BCUT2D eigenvalue weighted by atomic mass is 16.4. The largest absolute Gasteiger partial charge is 0.481 e. The van der Waals surface area contributed by atoms with Gasteiger partial charge in [-0.15, -0.1) is 0 Å². The van der Waals surface area contributed by atoms with E-state index in [0.717, 1.165) is 6.42 Å². The van der Waals surface area contributed by atoms with Crippen molar-refractivity contribution in [3.8, 4) is 0 Å². The molecule has 0 aliphatic rings. The van der Waals surface area contributed by atoms with Crippen molar-refractivity contribution in [1.82, 2.24) is 15.1 Å². The molecular formula is C14H23N3O3. The molecule has 0 aliphatic heterocycles. The van der Waals surface area contributed by atoms with Crippen LogP contribution in [-0.4, -0.2) is 33.3 Å². The normalized spacial score (nSPS) is 12.4. The highest BCUT2D eigenvalue weighted by molar-refractivity contribution is 5.92. The Morgan fingerprint density at radius 3 is 2.60 bits per heavy atom. The minimum absolute atomic E-state index is 0.147. The quantitative estimate of drug-likeness (QED) is 0.759. The lowest BCUT2D eigenvalue weighted by Gasteiger charge is -2.20. The first-order valence-electron chi connectivity index (χ1n) is 6.89. The van der Waals surface area contributed by atoms with E-state index in [1.54, 1.807) is 19.3 Å². The molecule has 1 atom stereocenters. The number of carboxylic acid groups (broad SMARTS) is 1. The third-order valence-corrected chi connectivity index (χ3v) is 3.53. The molecule has 6 heteroatoms. The van der Waals surface area contributed by atoms with Crippen LogP contribution in [0.3, 0.4) is 0 Å². The maximum Gasteiger partial charge on any atom is 0.303 e. The van der Waals surface area contributed by atoms with Gasteiger partial charge in [0.2, 0.25) is 0 Å². The summed E-state index contributed by atoms with van der Waals surface area (Å²) in [5.41, 5.74) is 0.525. The topological polar surface area (TPSA) is 84.2 Å². The summed E-state index contributed by atoms with van der Waals surface area (Å²) in [4.78, 5) is 22.5. The Balaban J connectivity index is 2.38. The summed E-state index contributed by atoms with van der Waals surface area (Å²) < 4.78 is 1.53. The molecule has 20 heavy (non-hydrogen) atoms. The Morgan fingerprint density at radius 1 is 1.40 bits per heavy atom.